The Morgan fingerprint density at radius 2 is 0.950 bits per heavy atom. The van der Waals surface area contributed by atoms with E-state index in [1.54, 1.807) is 58.3 Å². The number of amides is 4. The number of para-hydroxylation sites is 2. The van der Waals surface area contributed by atoms with Crippen molar-refractivity contribution in [2.75, 3.05) is 36.8 Å². The van der Waals surface area contributed by atoms with E-state index in [0.717, 1.165) is 25.7 Å². The minimum Gasteiger partial charge on any atom is -0.370 e. The Kier molecular flexibility index (Phi) is 16.5. The normalized spacial score (nSPS) is 22.1. The summed E-state index contributed by atoms with van der Waals surface area (Å²) in [5.41, 5.74) is 12.9. The molecule has 2 fully saturated rings. The Morgan fingerprint density at radius 1 is 0.583 bits per heavy atom. The van der Waals surface area contributed by atoms with Gasteiger partial charge in [0.1, 0.15) is 0 Å². The van der Waals surface area contributed by atoms with Crippen molar-refractivity contribution in [1.29, 1.82) is 10.8 Å². The van der Waals surface area contributed by atoms with Gasteiger partial charge >= 0.3 is 0 Å². The Labute approximate surface area is 351 Å². The van der Waals surface area contributed by atoms with Gasteiger partial charge in [-0.1, -0.05) is 48.6 Å². The summed E-state index contributed by atoms with van der Waals surface area (Å²) in [6.45, 7) is 2.54. The molecule has 0 aliphatic carbocycles. The summed E-state index contributed by atoms with van der Waals surface area (Å²) in [7, 11) is 0. The summed E-state index contributed by atoms with van der Waals surface area (Å²) in [5.74, 6) is -1.68. The number of hydrogen-bond donors (Lipinski definition) is 8. The first-order chi connectivity index (χ1) is 28.9. The number of fused-ring (bicyclic) bond motifs is 2. The van der Waals surface area contributed by atoms with Crippen LogP contribution in [-0.4, -0.2) is 95.2 Å². The van der Waals surface area contributed by atoms with E-state index in [1.807, 2.05) is 24.3 Å². The van der Waals surface area contributed by atoms with Crippen LogP contribution in [0.3, 0.4) is 0 Å². The minimum absolute atomic E-state index is 0.0140. The average molecular weight is 823 g/mol. The second kappa shape index (κ2) is 22.2. The van der Waals surface area contributed by atoms with E-state index in [4.69, 9.17) is 22.3 Å². The smallest absolute Gasteiger partial charge is 0.224 e. The number of nitrogens with two attached hydrogens (primary N) is 2. The van der Waals surface area contributed by atoms with Crippen LogP contribution in [0.4, 0.5) is 11.4 Å². The lowest BCUT2D eigenvalue weighted by molar-refractivity contribution is -0.126. The van der Waals surface area contributed by atoms with Crippen molar-refractivity contribution in [3.8, 4) is 0 Å². The molecule has 0 aromatic heterocycles. The minimum atomic E-state index is -0.470. The lowest BCUT2D eigenvalue weighted by Crippen LogP contribution is -2.49. The number of nitrogens with zero attached hydrogens (tertiary/aromatic N) is 2. The van der Waals surface area contributed by atoms with E-state index in [1.165, 1.54) is 0 Å². The van der Waals surface area contributed by atoms with Crippen molar-refractivity contribution in [2.24, 2.45) is 23.3 Å². The molecule has 2 aromatic carbocycles. The number of carbonyl (C=O) groups excluding carboxylic acids is 6. The summed E-state index contributed by atoms with van der Waals surface area (Å²) in [6.07, 6.45) is 13.3. The fourth-order valence-electron chi connectivity index (χ4n) is 7.68. The average Bonchev–Trinajstić information content (AvgIpc) is 3.22. The Hall–Kier alpha value is -6.32. The van der Waals surface area contributed by atoms with Gasteiger partial charge in [0.2, 0.25) is 23.6 Å². The molecule has 0 saturated carbocycles. The van der Waals surface area contributed by atoms with Gasteiger partial charge in [0.25, 0.3) is 0 Å². The van der Waals surface area contributed by atoms with Gasteiger partial charge in [-0.2, -0.15) is 0 Å². The van der Waals surface area contributed by atoms with Crippen molar-refractivity contribution in [3.05, 3.63) is 84.0 Å². The molecule has 4 heterocycles. The van der Waals surface area contributed by atoms with Gasteiger partial charge in [0.05, 0.1) is 11.4 Å². The fraction of sp³-hybridized carbons (Fsp3) is 0.455. The van der Waals surface area contributed by atoms with Gasteiger partial charge in [0, 0.05) is 86.9 Å². The van der Waals surface area contributed by atoms with Crippen molar-refractivity contribution < 1.29 is 28.8 Å². The van der Waals surface area contributed by atoms with Gasteiger partial charge in [-0.3, -0.25) is 39.6 Å². The lowest BCUT2D eigenvalue weighted by Gasteiger charge is -2.33. The molecule has 2 unspecified atom stereocenters. The summed E-state index contributed by atoms with van der Waals surface area (Å²) in [5, 5.41) is 26.8. The number of allylic oxidation sites excluding steroid dienone is 4. The van der Waals surface area contributed by atoms with Crippen LogP contribution in [0.25, 0.3) is 0 Å². The molecule has 4 aliphatic rings. The predicted molar refractivity (Wildman–Crippen MR) is 230 cm³/mol. The summed E-state index contributed by atoms with van der Waals surface area (Å²) in [6, 6.07) is 13.9. The van der Waals surface area contributed by atoms with Crippen molar-refractivity contribution in [3.63, 3.8) is 0 Å². The third-order valence-corrected chi connectivity index (χ3v) is 11.2. The van der Waals surface area contributed by atoms with Crippen LogP contribution in [0, 0.1) is 22.7 Å². The molecule has 4 amide bonds. The van der Waals surface area contributed by atoms with Gasteiger partial charge in [-0.25, -0.2) is 0 Å². The number of likely N-dealkylation sites (tertiary alicyclic amines) is 2. The predicted octanol–water partition coefficient (Wildman–Crippen LogP) is 4.06. The fourth-order valence-corrected chi connectivity index (χ4v) is 7.68. The SMILES string of the molecule is N=C(N)N1CCC(NC(=O)C2C/C=C/CCC(=O)Nc3ccccc3C(=O)C2)CC1.N=C(N)N1CCC(NC(=O)C2C/C=C\CCC(=O)Nc3ccccc3C(=O)C2)CC1. The van der Waals surface area contributed by atoms with E-state index >= 15 is 0 Å². The van der Waals surface area contributed by atoms with Gasteiger partial charge in [-0.15, -0.1) is 0 Å². The number of carbonyl (C=O) groups is 6. The standard InChI is InChI=1S/2C22H29N5O3/c2*23-22(24)27-12-10-16(11-13-27)25-21(30)15-6-2-1-3-9-20(29)26-18-8-5-4-7-17(18)19(28)14-15/h2*1-2,4-5,7-8,15-16H,3,6,9-14H2,(H3,23,24)(H,25,30)(H,26,29)/b2-1+;2-1-. The van der Waals surface area contributed by atoms with Crippen molar-refractivity contribution >= 4 is 58.5 Å². The maximum Gasteiger partial charge on any atom is 0.224 e. The van der Waals surface area contributed by atoms with Gasteiger partial charge < -0.3 is 42.5 Å². The lowest BCUT2D eigenvalue weighted by atomic mass is 9.92. The van der Waals surface area contributed by atoms with Crippen LogP contribution in [0.15, 0.2) is 72.8 Å². The molecular formula is C44H58N10O6. The molecule has 320 valence electrons. The monoisotopic (exact) mass is 822 g/mol. The summed E-state index contributed by atoms with van der Waals surface area (Å²) >= 11 is 0. The molecule has 6 rings (SSSR count). The maximum absolute atomic E-state index is 13.0. The molecule has 16 heteroatoms. The second-order valence-corrected chi connectivity index (χ2v) is 15.6. The number of piperidine rings is 2. The van der Waals surface area contributed by atoms with Crippen LogP contribution in [-0.2, 0) is 19.2 Å². The highest BCUT2D eigenvalue weighted by molar-refractivity contribution is 6.07. The topological polar surface area (TPSA) is 257 Å². The quantitative estimate of drug-likeness (QED) is 0.125. The first kappa shape index (κ1) is 44.8. The zero-order chi connectivity index (χ0) is 43.0. The highest BCUT2D eigenvalue weighted by Crippen LogP contribution is 2.25. The van der Waals surface area contributed by atoms with Crippen LogP contribution >= 0.6 is 0 Å². The molecule has 10 N–H and O–H groups in total. The number of anilines is 2. The van der Waals surface area contributed by atoms with E-state index in [2.05, 4.69) is 21.3 Å². The Morgan fingerprint density at radius 3 is 1.32 bits per heavy atom. The van der Waals surface area contributed by atoms with Crippen LogP contribution < -0.4 is 32.7 Å². The van der Waals surface area contributed by atoms with E-state index in [-0.39, 0.29) is 72.0 Å². The Balaban J connectivity index is 0.000000228. The van der Waals surface area contributed by atoms with Crippen LogP contribution in [0.5, 0.6) is 0 Å². The first-order valence-electron chi connectivity index (χ1n) is 20.8. The Bertz CT molecular complexity index is 1830. The zero-order valence-electron chi connectivity index (χ0n) is 34.0. The molecule has 60 heavy (non-hydrogen) atoms. The van der Waals surface area contributed by atoms with Crippen molar-refractivity contribution in [2.45, 2.75) is 89.1 Å². The summed E-state index contributed by atoms with van der Waals surface area (Å²) in [4.78, 5) is 79.6. The molecule has 2 atom stereocenters. The molecule has 16 nitrogen and oxygen atoms in total. The second-order valence-electron chi connectivity index (χ2n) is 15.6. The van der Waals surface area contributed by atoms with Gasteiger partial charge in [-0.05, 0) is 75.6 Å². The largest absolute Gasteiger partial charge is 0.370 e. The van der Waals surface area contributed by atoms with Crippen molar-refractivity contribution in [1.82, 2.24) is 20.4 Å². The number of nitrogens with one attached hydrogen (secondary N) is 6. The molecule has 4 aliphatic heterocycles. The third kappa shape index (κ3) is 13.4. The van der Waals surface area contributed by atoms with E-state index in [9.17, 15) is 28.8 Å². The zero-order valence-corrected chi connectivity index (χ0v) is 34.0. The van der Waals surface area contributed by atoms with Gasteiger partial charge in [0.15, 0.2) is 23.5 Å². The van der Waals surface area contributed by atoms with Crippen LogP contribution in [0.2, 0.25) is 0 Å². The molecule has 0 radical (unpaired) electrons. The number of ketones is 2. The molecular weight excluding hydrogens is 765 g/mol. The molecule has 2 saturated heterocycles. The highest BCUT2D eigenvalue weighted by Gasteiger charge is 2.29. The number of guanidine groups is 2. The number of rotatable bonds is 4. The molecule has 0 spiro atoms. The van der Waals surface area contributed by atoms with E-state index in [0.29, 0.717) is 87.2 Å². The molecule has 0 bridgehead atoms. The maximum atomic E-state index is 13.0. The summed E-state index contributed by atoms with van der Waals surface area (Å²) < 4.78 is 0. The highest BCUT2D eigenvalue weighted by atomic mass is 16.2. The number of benzene rings is 2. The number of Topliss-reactive ketones (excluding diaryl/α,β-unsaturated/α-hetero) is 2. The molecule has 2 aromatic rings. The van der Waals surface area contributed by atoms with Crippen LogP contribution in [0.1, 0.15) is 97.8 Å². The number of hydrogen-bond acceptors (Lipinski definition) is 8. The third-order valence-electron chi connectivity index (χ3n) is 11.2. The first-order valence-corrected chi connectivity index (χ1v) is 20.8. The van der Waals surface area contributed by atoms with E-state index < -0.39 is 11.8 Å².